The van der Waals surface area contributed by atoms with E-state index in [-0.39, 0.29) is 17.0 Å². The summed E-state index contributed by atoms with van der Waals surface area (Å²) in [6, 6.07) is 21.8. The average molecular weight is 438 g/mol. The van der Waals surface area contributed by atoms with Crippen LogP contribution in [-0.2, 0) is 14.0 Å². The Kier molecular flexibility index (Phi) is 6.12. The maximum Gasteiger partial charge on any atom is 0.326 e. The van der Waals surface area contributed by atoms with Crippen LogP contribution in [0.3, 0.4) is 0 Å². The van der Waals surface area contributed by atoms with Crippen molar-refractivity contribution in [3.63, 3.8) is 0 Å². The van der Waals surface area contributed by atoms with Crippen LogP contribution in [0.2, 0.25) is 5.04 Å². The molecule has 31 heavy (non-hydrogen) atoms. The molecule has 2 saturated heterocycles. The molecule has 4 nitrogen and oxygen atoms in total. The van der Waals surface area contributed by atoms with Crippen molar-refractivity contribution < 1.29 is 14.0 Å². The Morgan fingerprint density at radius 1 is 1.03 bits per heavy atom. The van der Waals surface area contributed by atoms with Gasteiger partial charge in [-0.25, -0.2) is 0 Å². The molecule has 166 valence electrons. The molecule has 4 rings (SSSR count). The van der Waals surface area contributed by atoms with Gasteiger partial charge in [-0.2, -0.15) is 0 Å². The molecule has 0 bridgehead atoms. The average Bonchev–Trinajstić information content (AvgIpc) is 3.35. The number of fused-ring (bicyclic) bond motifs is 1. The van der Waals surface area contributed by atoms with Gasteiger partial charge in [0.2, 0.25) is 0 Å². The van der Waals surface area contributed by atoms with E-state index in [9.17, 15) is 4.79 Å². The lowest BCUT2D eigenvalue weighted by molar-refractivity contribution is -0.152. The molecule has 2 aliphatic rings. The summed E-state index contributed by atoms with van der Waals surface area (Å²) in [5.74, 6) is -0.0713. The van der Waals surface area contributed by atoms with Gasteiger partial charge in [-0.3, -0.25) is 9.69 Å². The maximum absolute atomic E-state index is 12.7. The van der Waals surface area contributed by atoms with Gasteiger partial charge in [0.25, 0.3) is 8.32 Å². The largest absolute Gasteiger partial charge is 0.468 e. The van der Waals surface area contributed by atoms with Crippen LogP contribution >= 0.6 is 0 Å². The second-order valence-corrected chi connectivity index (χ2v) is 14.3. The second-order valence-electron chi connectivity index (χ2n) is 9.99. The third-order valence-electron chi connectivity index (χ3n) is 7.35. The van der Waals surface area contributed by atoms with E-state index in [1.807, 2.05) is 0 Å². The molecule has 2 aromatic carbocycles. The van der Waals surface area contributed by atoms with Crippen molar-refractivity contribution in [2.75, 3.05) is 20.3 Å². The van der Waals surface area contributed by atoms with E-state index < -0.39 is 13.9 Å². The van der Waals surface area contributed by atoms with Crippen molar-refractivity contribution in [3.05, 3.63) is 60.7 Å². The van der Waals surface area contributed by atoms with Crippen LogP contribution in [0.25, 0.3) is 0 Å². The zero-order chi connectivity index (χ0) is 22.1. The molecular weight excluding hydrogens is 402 g/mol. The van der Waals surface area contributed by atoms with E-state index >= 15 is 0 Å². The first-order valence-corrected chi connectivity index (χ1v) is 13.4. The van der Waals surface area contributed by atoms with Gasteiger partial charge in [0.05, 0.1) is 13.7 Å². The summed E-state index contributed by atoms with van der Waals surface area (Å²) in [7, 11) is -1.05. The molecule has 2 heterocycles. The van der Waals surface area contributed by atoms with Crippen molar-refractivity contribution in [3.8, 4) is 0 Å². The van der Waals surface area contributed by atoms with Gasteiger partial charge in [0.1, 0.15) is 5.54 Å². The van der Waals surface area contributed by atoms with E-state index in [2.05, 4.69) is 86.3 Å². The fourth-order valence-electron chi connectivity index (χ4n) is 5.93. The number of nitrogens with zero attached hydrogens (tertiary/aromatic N) is 1. The van der Waals surface area contributed by atoms with Crippen molar-refractivity contribution in [2.24, 2.45) is 0 Å². The predicted octanol–water partition coefficient (Wildman–Crippen LogP) is 3.73. The Bertz CT molecular complexity index is 856. The van der Waals surface area contributed by atoms with E-state index in [0.717, 1.165) is 32.2 Å². The highest BCUT2D eigenvalue weighted by Gasteiger charge is 2.56. The first-order chi connectivity index (χ1) is 14.8. The number of hydrogen-bond donors (Lipinski definition) is 0. The van der Waals surface area contributed by atoms with Crippen molar-refractivity contribution in [1.29, 1.82) is 0 Å². The molecule has 0 unspecified atom stereocenters. The number of carbonyl (C=O) groups excluding carboxylic acids is 1. The van der Waals surface area contributed by atoms with Gasteiger partial charge in [-0.05, 0) is 47.6 Å². The topological polar surface area (TPSA) is 38.8 Å². The van der Waals surface area contributed by atoms with Crippen molar-refractivity contribution >= 4 is 24.7 Å². The van der Waals surface area contributed by atoms with E-state index in [4.69, 9.17) is 9.16 Å². The molecule has 2 aliphatic heterocycles. The number of esters is 1. The number of benzene rings is 2. The molecule has 2 atom stereocenters. The third kappa shape index (κ3) is 3.67. The Balaban J connectivity index is 1.69. The van der Waals surface area contributed by atoms with E-state index in [1.165, 1.54) is 17.5 Å². The molecule has 0 N–H and O–H groups in total. The molecule has 0 spiro atoms. The first kappa shape index (κ1) is 22.2. The highest BCUT2D eigenvalue weighted by Crippen LogP contribution is 2.44. The van der Waals surface area contributed by atoms with Crippen LogP contribution in [0.5, 0.6) is 0 Å². The quantitative estimate of drug-likeness (QED) is 0.510. The fraction of sp³-hybridized carbons (Fsp3) is 0.500. The van der Waals surface area contributed by atoms with E-state index in [0.29, 0.717) is 6.61 Å². The van der Waals surface area contributed by atoms with Crippen LogP contribution in [0, 0.1) is 0 Å². The van der Waals surface area contributed by atoms with Gasteiger partial charge in [0.15, 0.2) is 0 Å². The lowest BCUT2D eigenvalue weighted by atomic mass is 9.94. The van der Waals surface area contributed by atoms with Crippen LogP contribution in [-0.4, -0.2) is 51.0 Å². The molecule has 2 aromatic rings. The Labute approximate surface area is 187 Å². The monoisotopic (exact) mass is 437 g/mol. The summed E-state index contributed by atoms with van der Waals surface area (Å²) in [6.45, 7) is 8.52. The van der Waals surface area contributed by atoms with Crippen LogP contribution in [0.1, 0.15) is 46.5 Å². The van der Waals surface area contributed by atoms with Gasteiger partial charge >= 0.3 is 5.97 Å². The highest BCUT2D eigenvalue weighted by molar-refractivity contribution is 6.99. The van der Waals surface area contributed by atoms with Gasteiger partial charge in [-0.1, -0.05) is 81.4 Å². The molecule has 0 aliphatic carbocycles. The highest BCUT2D eigenvalue weighted by atomic mass is 28.4. The first-order valence-electron chi connectivity index (χ1n) is 11.5. The number of ether oxygens (including phenoxy) is 1. The minimum absolute atomic E-state index is 0.0429. The number of hydrogen-bond acceptors (Lipinski definition) is 4. The predicted molar refractivity (Wildman–Crippen MR) is 127 cm³/mol. The van der Waals surface area contributed by atoms with Crippen molar-refractivity contribution in [1.82, 2.24) is 4.90 Å². The maximum atomic E-state index is 12.7. The molecule has 0 radical (unpaired) electrons. The third-order valence-corrected chi connectivity index (χ3v) is 12.4. The summed E-state index contributed by atoms with van der Waals surface area (Å²) < 4.78 is 12.4. The lowest BCUT2D eigenvalue weighted by Gasteiger charge is -2.44. The van der Waals surface area contributed by atoms with Gasteiger partial charge in [0, 0.05) is 6.04 Å². The normalized spacial score (nSPS) is 24.2. The summed E-state index contributed by atoms with van der Waals surface area (Å²) in [5.41, 5.74) is -0.436. The standard InChI is InChI=1S/C26H35NO3Si/c1-25(2,3)31(22-12-7-5-8-13-22,23-14-9-6-10-15-23)30-20-21-16-18-26(24(28)29-4)17-11-19-27(21)26/h5-10,12-15,21H,11,16-20H2,1-4H3/t21-,26-/m1/s1. The molecular formula is C26H35NO3Si. The van der Waals surface area contributed by atoms with E-state index in [1.54, 1.807) is 0 Å². The van der Waals surface area contributed by atoms with Gasteiger partial charge in [-0.15, -0.1) is 0 Å². The Hall–Kier alpha value is -1.95. The lowest BCUT2D eigenvalue weighted by Crippen LogP contribution is -2.67. The zero-order valence-electron chi connectivity index (χ0n) is 19.3. The Morgan fingerprint density at radius 2 is 1.61 bits per heavy atom. The zero-order valence-corrected chi connectivity index (χ0v) is 20.3. The number of carbonyl (C=O) groups is 1. The van der Waals surface area contributed by atoms with Crippen LogP contribution < -0.4 is 10.4 Å². The molecule has 2 fully saturated rings. The Morgan fingerprint density at radius 3 is 2.13 bits per heavy atom. The van der Waals surface area contributed by atoms with Crippen LogP contribution in [0.15, 0.2) is 60.7 Å². The summed E-state index contributed by atoms with van der Waals surface area (Å²) in [5, 5.41) is 2.55. The summed E-state index contributed by atoms with van der Waals surface area (Å²) in [6.07, 6.45) is 3.79. The van der Waals surface area contributed by atoms with Gasteiger partial charge < -0.3 is 9.16 Å². The minimum Gasteiger partial charge on any atom is -0.468 e. The second kappa shape index (κ2) is 8.53. The summed E-state index contributed by atoms with van der Waals surface area (Å²) >= 11 is 0. The molecule has 0 aromatic heterocycles. The molecule has 0 saturated carbocycles. The van der Waals surface area contributed by atoms with Crippen LogP contribution in [0.4, 0.5) is 0 Å². The SMILES string of the molecule is COC(=O)[C@]12CCCN1[C@@H](CO[Si](c1ccccc1)(c1ccccc1)C(C)(C)C)CC2. The van der Waals surface area contributed by atoms with Crippen molar-refractivity contribution in [2.45, 2.75) is 63.1 Å². The molecule has 0 amide bonds. The minimum atomic E-state index is -2.56. The number of rotatable bonds is 6. The number of methoxy groups -OCH3 is 1. The molecule has 5 heteroatoms. The summed E-state index contributed by atoms with van der Waals surface area (Å²) in [4.78, 5) is 15.1. The smallest absolute Gasteiger partial charge is 0.326 e. The fourth-order valence-corrected chi connectivity index (χ4v) is 10.5.